The summed E-state index contributed by atoms with van der Waals surface area (Å²) in [6.07, 6.45) is 0. The Labute approximate surface area is 125 Å². The van der Waals surface area contributed by atoms with Gasteiger partial charge in [-0.05, 0) is 44.6 Å². The fraction of sp³-hybridized carbons (Fsp3) is 0. The Balaban J connectivity index is 2.79. The van der Waals surface area contributed by atoms with Crippen LogP contribution in [0.4, 0.5) is 11.8 Å². The summed E-state index contributed by atoms with van der Waals surface area (Å²) in [4.78, 5) is 7.91. The summed E-state index contributed by atoms with van der Waals surface area (Å²) in [5.74, 6) is 0.146. The Kier molecular flexibility index (Phi) is 3.68. The number of nitriles is 1. The molecule has 7 heteroatoms. The van der Waals surface area contributed by atoms with Crippen molar-refractivity contribution >= 4 is 50.3 Å². The molecule has 1 aromatic carbocycles. The lowest BCUT2D eigenvalue weighted by Gasteiger charge is -2.09. The second kappa shape index (κ2) is 5.07. The molecule has 2 aromatic rings. The summed E-state index contributed by atoms with van der Waals surface area (Å²) in [5, 5.41) is 9.15. The topological polar surface area (TPSA) is 102 Å². The van der Waals surface area contributed by atoms with E-state index in [-0.39, 0.29) is 17.3 Å². The van der Waals surface area contributed by atoms with Crippen molar-refractivity contribution in [3.8, 4) is 17.3 Å². The van der Waals surface area contributed by atoms with Crippen LogP contribution in [0.15, 0.2) is 22.7 Å². The van der Waals surface area contributed by atoms with Gasteiger partial charge in [-0.2, -0.15) is 10.2 Å². The summed E-state index contributed by atoms with van der Waals surface area (Å²) >= 11 is 5.60. The number of hydrogen-bond donors (Lipinski definition) is 2. The molecule has 0 amide bonds. The molecule has 18 heavy (non-hydrogen) atoms. The third kappa shape index (κ3) is 2.26. The molecule has 0 saturated carbocycles. The van der Waals surface area contributed by atoms with Gasteiger partial charge >= 0.3 is 0 Å². The molecule has 0 radical (unpaired) electrons. The van der Waals surface area contributed by atoms with Gasteiger partial charge in [0, 0.05) is 13.6 Å². The fourth-order valence-electron chi connectivity index (χ4n) is 1.49. The average molecular weight is 416 g/mol. The van der Waals surface area contributed by atoms with Crippen molar-refractivity contribution in [1.29, 1.82) is 5.26 Å². The van der Waals surface area contributed by atoms with E-state index in [2.05, 4.69) is 48.5 Å². The maximum absolute atomic E-state index is 9.15. The second-order valence-electron chi connectivity index (χ2n) is 3.40. The van der Waals surface area contributed by atoms with Crippen LogP contribution in [-0.4, -0.2) is 9.97 Å². The smallest absolute Gasteiger partial charge is 0.222 e. The standard InChI is InChI=1S/C11H7BrIN5/c12-7-3-1-2-5(8(7)13)9-6(4-14)10(15)18-11(16)17-9/h1-3H,(H4,15,16,17,18). The Morgan fingerprint density at radius 3 is 2.67 bits per heavy atom. The lowest BCUT2D eigenvalue weighted by molar-refractivity contribution is 1.18. The number of aromatic nitrogens is 2. The van der Waals surface area contributed by atoms with E-state index in [9.17, 15) is 0 Å². The van der Waals surface area contributed by atoms with Crippen LogP contribution in [0.3, 0.4) is 0 Å². The molecule has 5 nitrogen and oxygen atoms in total. The first-order chi connectivity index (χ1) is 8.54. The largest absolute Gasteiger partial charge is 0.382 e. The molecule has 0 spiro atoms. The zero-order chi connectivity index (χ0) is 13.3. The van der Waals surface area contributed by atoms with Crippen molar-refractivity contribution in [1.82, 2.24) is 9.97 Å². The number of nitrogen functional groups attached to an aromatic ring is 2. The van der Waals surface area contributed by atoms with Gasteiger partial charge < -0.3 is 11.5 Å². The minimum atomic E-state index is 0.0530. The van der Waals surface area contributed by atoms with E-state index in [1.807, 2.05) is 24.3 Å². The Hall–Kier alpha value is -1.40. The van der Waals surface area contributed by atoms with Crippen LogP contribution in [-0.2, 0) is 0 Å². The molecular weight excluding hydrogens is 409 g/mol. The lowest BCUT2D eigenvalue weighted by Crippen LogP contribution is -2.05. The van der Waals surface area contributed by atoms with Crippen molar-refractivity contribution in [2.45, 2.75) is 0 Å². The highest BCUT2D eigenvalue weighted by molar-refractivity contribution is 14.1. The molecule has 0 aliphatic rings. The highest BCUT2D eigenvalue weighted by Gasteiger charge is 2.16. The molecule has 0 saturated heterocycles. The third-order valence-corrected chi connectivity index (χ3v) is 4.84. The zero-order valence-corrected chi connectivity index (χ0v) is 12.7. The maximum Gasteiger partial charge on any atom is 0.222 e. The molecule has 0 atom stereocenters. The molecule has 90 valence electrons. The second-order valence-corrected chi connectivity index (χ2v) is 5.34. The van der Waals surface area contributed by atoms with Crippen molar-refractivity contribution in [2.75, 3.05) is 11.5 Å². The minimum absolute atomic E-state index is 0.0530. The first kappa shape index (κ1) is 13.0. The summed E-state index contributed by atoms with van der Waals surface area (Å²) in [7, 11) is 0. The van der Waals surface area contributed by atoms with E-state index < -0.39 is 0 Å². The van der Waals surface area contributed by atoms with E-state index in [0.717, 1.165) is 13.6 Å². The molecule has 0 bridgehead atoms. The summed E-state index contributed by atoms with van der Waals surface area (Å²) in [5.41, 5.74) is 12.8. The molecule has 1 heterocycles. The number of nitrogens with two attached hydrogens (primary N) is 2. The van der Waals surface area contributed by atoms with Gasteiger partial charge in [-0.15, -0.1) is 0 Å². The average Bonchev–Trinajstić information content (AvgIpc) is 2.32. The summed E-state index contributed by atoms with van der Waals surface area (Å²) in [6.45, 7) is 0. The predicted molar refractivity (Wildman–Crippen MR) is 81.4 cm³/mol. The van der Waals surface area contributed by atoms with Crippen LogP contribution in [0.1, 0.15) is 5.56 Å². The molecule has 0 unspecified atom stereocenters. The predicted octanol–water partition coefficient (Wildman–Crippen LogP) is 2.55. The zero-order valence-electron chi connectivity index (χ0n) is 8.98. The number of rotatable bonds is 1. The number of anilines is 2. The number of nitrogens with zero attached hydrogens (tertiary/aromatic N) is 3. The van der Waals surface area contributed by atoms with Crippen LogP contribution in [0, 0.1) is 14.9 Å². The lowest BCUT2D eigenvalue weighted by atomic mass is 10.1. The van der Waals surface area contributed by atoms with Crippen LogP contribution in [0.2, 0.25) is 0 Å². The van der Waals surface area contributed by atoms with Gasteiger partial charge in [-0.25, -0.2) is 4.98 Å². The van der Waals surface area contributed by atoms with Crippen LogP contribution >= 0.6 is 38.5 Å². The number of halogens is 2. The monoisotopic (exact) mass is 415 g/mol. The van der Waals surface area contributed by atoms with E-state index in [1.165, 1.54) is 0 Å². The van der Waals surface area contributed by atoms with Crippen LogP contribution in [0.25, 0.3) is 11.3 Å². The highest BCUT2D eigenvalue weighted by atomic mass is 127. The highest BCUT2D eigenvalue weighted by Crippen LogP contribution is 2.32. The van der Waals surface area contributed by atoms with Gasteiger partial charge in [0.2, 0.25) is 5.95 Å². The molecule has 2 rings (SSSR count). The molecule has 0 fully saturated rings. The Morgan fingerprint density at radius 2 is 2.00 bits per heavy atom. The van der Waals surface area contributed by atoms with E-state index in [0.29, 0.717) is 5.69 Å². The van der Waals surface area contributed by atoms with E-state index in [1.54, 1.807) is 0 Å². The summed E-state index contributed by atoms with van der Waals surface area (Å²) < 4.78 is 1.85. The third-order valence-electron chi connectivity index (χ3n) is 2.27. The Morgan fingerprint density at radius 1 is 1.28 bits per heavy atom. The fourth-order valence-corrected chi connectivity index (χ4v) is 2.47. The summed E-state index contributed by atoms with van der Waals surface area (Å²) in [6, 6.07) is 7.63. The van der Waals surface area contributed by atoms with Gasteiger partial charge in [-0.3, -0.25) is 0 Å². The minimum Gasteiger partial charge on any atom is -0.382 e. The van der Waals surface area contributed by atoms with Gasteiger partial charge in [0.05, 0.1) is 5.69 Å². The van der Waals surface area contributed by atoms with Crippen molar-refractivity contribution in [2.24, 2.45) is 0 Å². The van der Waals surface area contributed by atoms with Gasteiger partial charge in [-0.1, -0.05) is 12.1 Å². The quantitative estimate of drug-likeness (QED) is 0.697. The van der Waals surface area contributed by atoms with E-state index >= 15 is 0 Å². The number of hydrogen-bond acceptors (Lipinski definition) is 5. The van der Waals surface area contributed by atoms with Crippen molar-refractivity contribution in [3.05, 3.63) is 31.8 Å². The molecular formula is C11H7BrIN5. The normalized spacial score (nSPS) is 10.1. The van der Waals surface area contributed by atoms with Gasteiger partial charge in [0.1, 0.15) is 17.5 Å². The van der Waals surface area contributed by atoms with Crippen LogP contribution in [0.5, 0.6) is 0 Å². The van der Waals surface area contributed by atoms with Gasteiger partial charge in [0.25, 0.3) is 0 Å². The molecule has 0 aliphatic heterocycles. The van der Waals surface area contributed by atoms with Gasteiger partial charge in [0.15, 0.2) is 0 Å². The van der Waals surface area contributed by atoms with Crippen molar-refractivity contribution in [3.63, 3.8) is 0 Å². The molecule has 0 aliphatic carbocycles. The molecule has 4 N–H and O–H groups in total. The molecule has 1 aromatic heterocycles. The number of benzene rings is 1. The SMILES string of the molecule is N#Cc1c(N)nc(N)nc1-c1cccc(Br)c1I. The van der Waals surface area contributed by atoms with Crippen LogP contribution < -0.4 is 11.5 Å². The first-order valence-electron chi connectivity index (χ1n) is 4.82. The maximum atomic E-state index is 9.15. The van der Waals surface area contributed by atoms with Crippen molar-refractivity contribution < 1.29 is 0 Å². The Bertz CT molecular complexity index is 665. The first-order valence-corrected chi connectivity index (χ1v) is 6.69. The van der Waals surface area contributed by atoms with E-state index in [4.69, 9.17) is 16.7 Å².